The van der Waals surface area contributed by atoms with Crippen molar-refractivity contribution in [1.29, 1.82) is 0 Å². The SMILES string of the molecule is CNc1ncc(Br)c(NC2CNC(=O)C2)n1. The standard InChI is InChI=1S/C9H12BrN5O/c1-11-9-13-4-6(10)8(15-9)14-5-2-7(16)12-3-5/h4-5H,2-3H2,1H3,(H,12,16)(H2,11,13,14,15). The molecule has 0 aliphatic carbocycles. The normalized spacial score (nSPS) is 19.4. The summed E-state index contributed by atoms with van der Waals surface area (Å²) >= 11 is 3.36. The van der Waals surface area contributed by atoms with Gasteiger partial charge >= 0.3 is 0 Å². The van der Waals surface area contributed by atoms with Crippen molar-refractivity contribution < 1.29 is 4.79 Å². The molecule has 1 saturated heterocycles. The Hall–Kier alpha value is -1.37. The Morgan fingerprint density at radius 3 is 3.06 bits per heavy atom. The molecule has 7 heteroatoms. The number of halogens is 1. The molecule has 2 rings (SSSR count). The molecule has 6 nitrogen and oxygen atoms in total. The molecule has 1 amide bonds. The lowest BCUT2D eigenvalue weighted by molar-refractivity contribution is -0.119. The Kier molecular flexibility index (Phi) is 3.23. The van der Waals surface area contributed by atoms with Crippen LogP contribution >= 0.6 is 15.9 Å². The van der Waals surface area contributed by atoms with Gasteiger partial charge in [0.25, 0.3) is 0 Å². The van der Waals surface area contributed by atoms with Crippen LogP contribution in [0, 0.1) is 0 Å². The molecular weight excluding hydrogens is 274 g/mol. The fourth-order valence-electron chi connectivity index (χ4n) is 1.49. The highest BCUT2D eigenvalue weighted by Gasteiger charge is 2.22. The van der Waals surface area contributed by atoms with E-state index in [1.165, 1.54) is 0 Å². The maximum absolute atomic E-state index is 11.0. The molecule has 1 aliphatic rings. The lowest BCUT2D eigenvalue weighted by Crippen LogP contribution is -2.23. The molecule has 1 atom stereocenters. The number of carbonyl (C=O) groups is 1. The molecule has 2 heterocycles. The van der Waals surface area contributed by atoms with Gasteiger partial charge in [0, 0.05) is 26.2 Å². The summed E-state index contributed by atoms with van der Waals surface area (Å²) in [5.41, 5.74) is 0. The first-order valence-electron chi connectivity index (χ1n) is 4.92. The molecule has 1 fully saturated rings. The minimum Gasteiger partial charge on any atom is -0.364 e. The summed E-state index contributed by atoms with van der Waals surface area (Å²) in [4.78, 5) is 19.4. The largest absolute Gasteiger partial charge is 0.364 e. The molecule has 1 aromatic rings. The van der Waals surface area contributed by atoms with Crippen LogP contribution in [0.2, 0.25) is 0 Å². The number of rotatable bonds is 3. The monoisotopic (exact) mass is 285 g/mol. The van der Waals surface area contributed by atoms with Crippen LogP contribution in [-0.2, 0) is 4.79 Å². The van der Waals surface area contributed by atoms with E-state index in [1.807, 2.05) is 0 Å². The molecule has 0 bridgehead atoms. The van der Waals surface area contributed by atoms with Crippen molar-refractivity contribution in [1.82, 2.24) is 15.3 Å². The Bertz CT molecular complexity index is 411. The van der Waals surface area contributed by atoms with E-state index >= 15 is 0 Å². The second-order valence-electron chi connectivity index (χ2n) is 3.49. The summed E-state index contributed by atoms with van der Waals surface area (Å²) in [7, 11) is 1.76. The highest BCUT2D eigenvalue weighted by molar-refractivity contribution is 9.10. The number of nitrogens with one attached hydrogen (secondary N) is 3. The van der Waals surface area contributed by atoms with Crippen LogP contribution < -0.4 is 16.0 Å². The number of hydrogen-bond donors (Lipinski definition) is 3. The van der Waals surface area contributed by atoms with Crippen molar-refractivity contribution in [3.63, 3.8) is 0 Å². The zero-order valence-corrected chi connectivity index (χ0v) is 10.3. The summed E-state index contributed by atoms with van der Waals surface area (Å²) in [5.74, 6) is 1.31. The molecule has 0 saturated carbocycles. The molecule has 0 radical (unpaired) electrons. The van der Waals surface area contributed by atoms with Gasteiger partial charge in [-0.1, -0.05) is 0 Å². The van der Waals surface area contributed by atoms with E-state index in [0.717, 1.165) is 4.47 Å². The Morgan fingerprint density at radius 1 is 1.62 bits per heavy atom. The quantitative estimate of drug-likeness (QED) is 0.757. The Balaban J connectivity index is 2.11. The lowest BCUT2D eigenvalue weighted by Gasteiger charge is -2.12. The van der Waals surface area contributed by atoms with Gasteiger partial charge in [0.05, 0.1) is 10.5 Å². The third kappa shape index (κ3) is 2.41. The summed E-state index contributed by atoms with van der Waals surface area (Å²) in [5, 5.41) is 8.82. The number of aromatic nitrogens is 2. The molecule has 0 spiro atoms. The first-order chi connectivity index (χ1) is 7.69. The van der Waals surface area contributed by atoms with Crippen LogP contribution in [0.1, 0.15) is 6.42 Å². The van der Waals surface area contributed by atoms with E-state index in [9.17, 15) is 4.79 Å². The third-order valence-electron chi connectivity index (χ3n) is 2.29. The van der Waals surface area contributed by atoms with E-state index in [4.69, 9.17) is 0 Å². The van der Waals surface area contributed by atoms with Gasteiger partial charge in [-0.15, -0.1) is 0 Å². The molecule has 1 aromatic heterocycles. The smallest absolute Gasteiger partial charge is 0.224 e. The predicted molar refractivity (Wildman–Crippen MR) is 64.3 cm³/mol. The van der Waals surface area contributed by atoms with Gasteiger partial charge in [-0.2, -0.15) is 4.98 Å². The van der Waals surface area contributed by atoms with Crippen molar-refractivity contribution in [2.75, 3.05) is 24.2 Å². The van der Waals surface area contributed by atoms with Crippen LogP contribution in [0.4, 0.5) is 11.8 Å². The van der Waals surface area contributed by atoms with Gasteiger partial charge in [-0.25, -0.2) is 4.98 Å². The minimum absolute atomic E-state index is 0.0662. The average molecular weight is 286 g/mol. The summed E-state index contributed by atoms with van der Waals surface area (Å²) in [6.07, 6.45) is 2.15. The molecule has 1 unspecified atom stereocenters. The Morgan fingerprint density at radius 2 is 2.44 bits per heavy atom. The molecule has 0 aromatic carbocycles. The van der Waals surface area contributed by atoms with Crippen molar-refractivity contribution in [3.05, 3.63) is 10.7 Å². The summed E-state index contributed by atoms with van der Waals surface area (Å²) < 4.78 is 0.783. The van der Waals surface area contributed by atoms with Gasteiger partial charge in [0.15, 0.2) is 0 Å². The minimum atomic E-state index is 0.0662. The van der Waals surface area contributed by atoms with Gasteiger partial charge in [0.1, 0.15) is 5.82 Å². The molecule has 16 heavy (non-hydrogen) atoms. The van der Waals surface area contributed by atoms with Gasteiger partial charge < -0.3 is 16.0 Å². The van der Waals surface area contributed by atoms with E-state index in [1.54, 1.807) is 13.2 Å². The number of amides is 1. The van der Waals surface area contributed by atoms with Crippen LogP contribution in [0.3, 0.4) is 0 Å². The van der Waals surface area contributed by atoms with Crippen molar-refractivity contribution in [3.8, 4) is 0 Å². The van der Waals surface area contributed by atoms with Gasteiger partial charge in [-0.05, 0) is 15.9 Å². The fraction of sp³-hybridized carbons (Fsp3) is 0.444. The predicted octanol–water partition coefficient (Wildman–Crippen LogP) is 0.581. The van der Waals surface area contributed by atoms with Gasteiger partial charge in [0.2, 0.25) is 11.9 Å². The average Bonchev–Trinajstić information content (AvgIpc) is 2.67. The lowest BCUT2D eigenvalue weighted by atomic mass is 10.2. The van der Waals surface area contributed by atoms with Crippen molar-refractivity contribution in [2.24, 2.45) is 0 Å². The second-order valence-corrected chi connectivity index (χ2v) is 4.34. The van der Waals surface area contributed by atoms with E-state index < -0.39 is 0 Å². The third-order valence-corrected chi connectivity index (χ3v) is 2.87. The van der Waals surface area contributed by atoms with Crippen LogP contribution in [0.5, 0.6) is 0 Å². The number of hydrogen-bond acceptors (Lipinski definition) is 5. The van der Waals surface area contributed by atoms with Crippen LogP contribution in [0.25, 0.3) is 0 Å². The van der Waals surface area contributed by atoms with Gasteiger partial charge in [-0.3, -0.25) is 4.79 Å². The second kappa shape index (κ2) is 4.65. The van der Waals surface area contributed by atoms with Crippen molar-refractivity contribution >= 4 is 33.6 Å². The highest BCUT2D eigenvalue weighted by Crippen LogP contribution is 2.21. The van der Waals surface area contributed by atoms with Crippen LogP contribution in [-0.4, -0.2) is 35.5 Å². The maximum Gasteiger partial charge on any atom is 0.224 e. The van der Waals surface area contributed by atoms with Crippen molar-refractivity contribution in [2.45, 2.75) is 12.5 Å². The first-order valence-corrected chi connectivity index (χ1v) is 5.72. The van der Waals surface area contributed by atoms with E-state index in [-0.39, 0.29) is 11.9 Å². The van der Waals surface area contributed by atoms with E-state index in [0.29, 0.717) is 24.7 Å². The molecule has 1 aliphatic heterocycles. The maximum atomic E-state index is 11.0. The fourth-order valence-corrected chi connectivity index (χ4v) is 1.79. The summed E-state index contributed by atoms with van der Waals surface area (Å²) in [6.45, 7) is 0.629. The molecule has 86 valence electrons. The molecular formula is C9H12BrN5O. The number of carbonyl (C=O) groups excluding carboxylic acids is 1. The topological polar surface area (TPSA) is 78.9 Å². The number of nitrogens with zero attached hydrogens (tertiary/aromatic N) is 2. The van der Waals surface area contributed by atoms with Crippen LogP contribution in [0.15, 0.2) is 10.7 Å². The zero-order valence-electron chi connectivity index (χ0n) is 8.75. The molecule has 3 N–H and O–H groups in total. The number of anilines is 2. The Labute approximate surface area is 101 Å². The van der Waals surface area contributed by atoms with E-state index in [2.05, 4.69) is 41.8 Å². The first kappa shape index (κ1) is 11.1. The summed E-state index contributed by atoms with van der Waals surface area (Å²) in [6, 6.07) is 0.0865. The zero-order chi connectivity index (χ0) is 11.5. The highest BCUT2D eigenvalue weighted by atomic mass is 79.9.